The van der Waals surface area contributed by atoms with Crippen molar-refractivity contribution in [3.05, 3.63) is 23.8 Å². The standard InChI is InChI=1S/C20H28N2O4/c1-14-2-5-16(6-3-14)22(20(23)19-11-21-8-9-24-19)12-15-4-7-17-18(10-15)26-13-25-17/h4,7,10,14,16,19,21H,2-3,5-6,8-9,11-13H2,1H3. The molecule has 0 radical (unpaired) electrons. The highest BCUT2D eigenvalue weighted by Gasteiger charge is 2.33. The molecule has 1 N–H and O–H groups in total. The Morgan fingerprint density at radius 1 is 1.19 bits per heavy atom. The molecule has 6 heteroatoms. The lowest BCUT2D eigenvalue weighted by atomic mass is 9.86. The predicted molar refractivity (Wildman–Crippen MR) is 97.1 cm³/mol. The highest BCUT2D eigenvalue weighted by atomic mass is 16.7. The first kappa shape index (κ1) is 17.6. The van der Waals surface area contributed by atoms with Crippen LogP contribution >= 0.6 is 0 Å². The Labute approximate surface area is 154 Å². The molecule has 1 saturated carbocycles. The molecule has 142 valence electrons. The van der Waals surface area contributed by atoms with Crippen molar-refractivity contribution in [2.75, 3.05) is 26.5 Å². The molecule has 4 rings (SSSR count). The number of amides is 1. The monoisotopic (exact) mass is 360 g/mol. The summed E-state index contributed by atoms with van der Waals surface area (Å²) in [4.78, 5) is 15.3. The number of hydrogen-bond donors (Lipinski definition) is 1. The number of nitrogens with one attached hydrogen (secondary N) is 1. The molecule has 26 heavy (non-hydrogen) atoms. The fraction of sp³-hybridized carbons (Fsp3) is 0.650. The van der Waals surface area contributed by atoms with E-state index in [0.717, 1.165) is 42.4 Å². The van der Waals surface area contributed by atoms with E-state index >= 15 is 0 Å². The molecule has 2 aliphatic heterocycles. The fourth-order valence-corrected chi connectivity index (χ4v) is 4.09. The average molecular weight is 360 g/mol. The molecule has 1 aromatic carbocycles. The second-order valence-corrected chi connectivity index (χ2v) is 7.63. The lowest BCUT2D eigenvalue weighted by molar-refractivity contribution is -0.149. The van der Waals surface area contributed by atoms with Crippen LogP contribution in [0.15, 0.2) is 18.2 Å². The topological polar surface area (TPSA) is 60.0 Å². The number of fused-ring (bicyclic) bond motifs is 1. The zero-order valence-electron chi connectivity index (χ0n) is 15.4. The summed E-state index contributed by atoms with van der Waals surface area (Å²) in [5, 5.41) is 3.27. The Bertz CT molecular complexity index is 637. The van der Waals surface area contributed by atoms with Gasteiger partial charge in [0.2, 0.25) is 6.79 Å². The zero-order chi connectivity index (χ0) is 17.9. The minimum Gasteiger partial charge on any atom is -0.454 e. The minimum atomic E-state index is -0.378. The van der Waals surface area contributed by atoms with Crippen LogP contribution in [0.4, 0.5) is 0 Å². The summed E-state index contributed by atoms with van der Waals surface area (Å²) < 4.78 is 16.6. The van der Waals surface area contributed by atoms with Gasteiger partial charge in [-0.15, -0.1) is 0 Å². The SMILES string of the molecule is CC1CCC(N(Cc2ccc3c(c2)OCO3)C(=O)C2CNCCO2)CC1. The van der Waals surface area contributed by atoms with Gasteiger partial charge in [-0.3, -0.25) is 4.79 Å². The van der Waals surface area contributed by atoms with Crippen LogP contribution < -0.4 is 14.8 Å². The summed E-state index contributed by atoms with van der Waals surface area (Å²) in [5.74, 6) is 2.40. The van der Waals surface area contributed by atoms with E-state index in [-0.39, 0.29) is 24.8 Å². The first-order valence-electron chi connectivity index (χ1n) is 9.72. The molecule has 1 amide bonds. The maximum absolute atomic E-state index is 13.2. The van der Waals surface area contributed by atoms with Crippen LogP contribution in [-0.2, 0) is 16.1 Å². The molecule has 1 atom stereocenters. The zero-order valence-corrected chi connectivity index (χ0v) is 15.4. The van der Waals surface area contributed by atoms with Crippen molar-refractivity contribution in [1.29, 1.82) is 0 Å². The van der Waals surface area contributed by atoms with Gasteiger partial charge in [-0.05, 0) is 49.3 Å². The first-order chi connectivity index (χ1) is 12.7. The Morgan fingerprint density at radius 3 is 2.77 bits per heavy atom. The van der Waals surface area contributed by atoms with Crippen molar-refractivity contribution in [3.63, 3.8) is 0 Å². The van der Waals surface area contributed by atoms with Crippen LogP contribution in [0.1, 0.15) is 38.2 Å². The van der Waals surface area contributed by atoms with E-state index < -0.39 is 0 Å². The highest BCUT2D eigenvalue weighted by molar-refractivity contribution is 5.81. The van der Waals surface area contributed by atoms with Gasteiger partial charge in [0.1, 0.15) is 6.10 Å². The number of ether oxygens (including phenoxy) is 3. The molecule has 0 spiro atoms. The van der Waals surface area contributed by atoms with Gasteiger partial charge in [0.15, 0.2) is 11.5 Å². The summed E-state index contributed by atoms with van der Waals surface area (Å²) in [7, 11) is 0. The van der Waals surface area contributed by atoms with Crippen molar-refractivity contribution in [2.45, 2.75) is 51.3 Å². The summed E-state index contributed by atoms with van der Waals surface area (Å²) >= 11 is 0. The molecule has 1 unspecified atom stereocenters. The number of rotatable bonds is 4. The van der Waals surface area contributed by atoms with E-state index in [2.05, 4.69) is 12.2 Å². The Kier molecular flexibility index (Phi) is 5.31. The number of carbonyl (C=O) groups excluding carboxylic acids is 1. The van der Waals surface area contributed by atoms with Crippen molar-refractivity contribution in [1.82, 2.24) is 10.2 Å². The van der Waals surface area contributed by atoms with Crippen LogP contribution in [-0.4, -0.2) is 49.4 Å². The van der Waals surface area contributed by atoms with Gasteiger partial charge in [-0.2, -0.15) is 0 Å². The molecule has 1 saturated heterocycles. The number of benzene rings is 1. The third-order valence-electron chi connectivity index (χ3n) is 5.70. The van der Waals surface area contributed by atoms with Crippen molar-refractivity contribution < 1.29 is 19.0 Å². The number of hydrogen-bond acceptors (Lipinski definition) is 5. The van der Waals surface area contributed by atoms with Gasteiger partial charge in [0.05, 0.1) is 6.61 Å². The van der Waals surface area contributed by atoms with Gasteiger partial charge < -0.3 is 24.4 Å². The van der Waals surface area contributed by atoms with E-state index in [9.17, 15) is 4.79 Å². The maximum atomic E-state index is 13.2. The van der Waals surface area contributed by atoms with E-state index in [0.29, 0.717) is 19.7 Å². The predicted octanol–water partition coefficient (Wildman–Crippen LogP) is 2.31. The van der Waals surface area contributed by atoms with Gasteiger partial charge in [-0.25, -0.2) is 0 Å². The number of morpholine rings is 1. The Balaban J connectivity index is 1.52. The molecule has 3 aliphatic rings. The van der Waals surface area contributed by atoms with Crippen LogP contribution in [0.3, 0.4) is 0 Å². The van der Waals surface area contributed by atoms with Gasteiger partial charge in [0.25, 0.3) is 5.91 Å². The van der Waals surface area contributed by atoms with Crippen molar-refractivity contribution in [3.8, 4) is 11.5 Å². The molecule has 2 fully saturated rings. The molecular formula is C20H28N2O4. The number of nitrogens with zero attached hydrogens (tertiary/aromatic N) is 1. The summed E-state index contributed by atoms with van der Waals surface area (Å²) in [6, 6.07) is 6.24. The lowest BCUT2D eigenvalue weighted by Crippen LogP contribution is -2.52. The summed E-state index contributed by atoms with van der Waals surface area (Å²) in [6.07, 6.45) is 4.12. The fourth-order valence-electron chi connectivity index (χ4n) is 4.09. The minimum absolute atomic E-state index is 0.106. The second kappa shape index (κ2) is 7.84. The molecule has 0 bridgehead atoms. The Morgan fingerprint density at radius 2 is 2.00 bits per heavy atom. The third-order valence-corrected chi connectivity index (χ3v) is 5.70. The molecule has 6 nitrogen and oxygen atoms in total. The normalized spacial score (nSPS) is 28.0. The quantitative estimate of drug-likeness (QED) is 0.893. The maximum Gasteiger partial charge on any atom is 0.253 e. The van der Waals surface area contributed by atoms with Gasteiger partial charge in [0, 0.05) is 25.7 Å². The molecule has 1 aromatic rings. The second-order valence-electron chi connectivity index (χ2n) is 7.63. The van der Waals surface area contributed by atoms with Crippen LogP contribution in [0, 0.1) is 5.92 Å². The van der Waals surface area contributed by atoms with E-state index in [1.807, 2.05) is 23.1 Å². The van der Waals surface area contributed by atoms with E-state index in [4.69, 9.17) is 14.2 Å². The van der Waals surface area contributed by atoms with Crippen molar-refractivity contribution in [2.24, 2.45) is 5.92 Å². The van der Waals surface area contributed by atoms with Crippen LogP contribution in [0.2, 0.25) is 0 Å². The van der Waals surface area contributed by atoms with Gasteiger partial charge in [-0.1, -0.05) is 13.0 Å². The van der Waals surface area contributed by atoms with Crippen LogP contribution in [0.5, 0.6) is 11.5 Å². The summed E-state index contributed by atoms with van der Waals surface area (Å²) in [5.41, 5.74) is 1.07. The third kappa shape index (κ3) is 3.81. The van der Waals surface area contributed by atoms with E-state index in [1.54, 1.807) is 0 Å². The van der Waals surface area contributed by atoms with Crippen molar-refractivity contribution >= 4 is 5.91 Å². The van der Waals surface area contributed by atoms with Gasteiger partial charge >= 0.3 is 0 Å². The largest absolute Gasteiger partial charge is 0.454 e. The smallest absolute Gasteiger partial charge is 0.253 e. The average Bonchev–Trinajstić information content (AvgIpc) is 3.15. The highest BCUT2D eigenvalue weighted by Crippen LogP contribution is 2.34. The van der Waals surface area contributed by atoms with E-state index in [1.165, 1.54) is 12.8 Å². The lowest BCUT2D eigenvalue weighted by Gasteiger charge is -2.38. The van der Waals surface area contributed by atoms with Crippen LogP contribution in [0.25, 0.3) is 0 Å². The Hall–Kier alpha value is -1.79. The number of carbonyl (C=O) groups is 1. The summed E-state index contributed by atoms with van der Waals surface area (Å²) in [6.45, 7) is 5.16. The molecule has 0 aromatic heterocycles. The molecular weight excluding hydrogens is 332 g/mol. The first-order valence-corrected chi connectivity index (χ1v) is 9.72. The molecule has 2 heterocycles. The molecule has 1 aliphatic carbocycles.